The van der Waals surface area contributed by atoms with Gasteiger partial charge in [-0.1, -0.05) is 212 Å². The van der Waals surface area contributed by atoms with Gasteiger partial charge in [0.1, 0.15) is 0 Å². The molecule has 0 radical (unpaired) electrons. The number of allylic oxidation sites excluding steroid dienone is 1. The van der Waals surface area contributed by atoms with E-state index in [1.165, 1.54) is 105 Å². The van der Waals surface area contributed by atoms with Gasteiger partial charge < -0.3 is 9.47 Å². The maximum atomic E-state index is 2.56. The fourth-order valence-electron chi connectivity index (χ4n) is 12.1. The van der Waals surface area contributed by atoms with E-state index in [9.17, 15) is 0 Å². The maximum absolute atomic E-state index is 2.56. The molecule has 1 heterocycles. The molecule has 69 heavy (non-hydrogen) atoms. The second-order valence-corrected chi connectivity index (χ2v) is 18.9. The molecule has 0 saturated heterocycles. The van der Waals surface area contributed by atoms with Crippen LogP contribution < -0.4 is 4.90 Å². The van der Waals surface area contributed by atoms with E-state index in [4.69, 9.17) is 0 Å². The first-order valence-electron chi connectivity index (χ1n) is 24.1. The zero-order chi connectivity index (χ0) is 45.6. The quantitative estimate of drug-likeness (QED) is 0.145. The van der Waals surface area contributed by atoms with Gasteiger partial charge in [0, 0.05) is 51.5 Å². The standard InChI is InChI=1S/C67H46N2/c1-68-62-30-15-13-26-54(62)56-35-32-51(42-63(56)68)65(47-21-6-3-7-22-47)50-33-36-58-60(41-50)67(38-37-46-20-10-14-29-59(46)67)61-43-64(55-27-11-12-28-57(55)66(58)61)69(53-34-31-45-19-8-9-23-48(45)40-53)52-25-16-24-49(39-52)44-17-4-2-5-18-44/h2-43,65H,1H3. The first-order chi connectivity index (χ1) is 34.1. The van der Waals surface area contributed by atoms with Crippen LogP contribution in [0.5, 0.6) is 0 Å². The predicted octanol–water partition coefficient (Wildman–Crippen LogP) is 17.3. The van der Waals surface area contributed by atoms with Gasteiger partial charge in [-0.25, -0.2) is 0 Å². The van der Waals surface area contributed by atoms with Crippen molar-refractivity contribution < 1.29 is 0 Å². The molecule has 2 aliphatic carbocycles. The summed E-state index contributed by atoms with van der Waals surface area (Å²) in [4.78, 5) is 2.50. The monoisotopic (exact) mass is 878 g/mol. The minimum Gasteiger partial charge on any atom is -0.344 e. The molecule has 2 nitrogen and oxygen atoms in total. The molecule has 11 aromatic carbocycles. The molecule has 2 heteroatoms. The first-order valence-corrected chi connectivity index (χ1v) is 24.1. The van der Waals surface area contributed by atoms with Crippen LogP contribution in [-0.2, 0) is 12.5 Å². The highest BCUT2D eigenvalue weighted by molar-refractivity contribution is 6.12. The van der Waals surface area contributed by atoms with E-state index in [0.29, 0.717) is 0 Å². The Labute approximate surface area is 402 Å². The molecular weight excluding hydrogens is 833 g/mol. The largest absolute Gasteiger partial charge is 0.344 e. The minimum absolute atomic E-state index is 0.00731. The van der Waals surface area contributed by atoms with Gasteiger partial charge in [-0.15, -0.1) is 0 Å². The number of anilines is 3. The van der Waals surface area contributed by atoms with Crippen LogP contribution in [0.25, 0.3) is 71.7 Å². The van der Waals surface area contributed by atoms with Gasteiger partial charge in [-0.3, -0.25) is 0 Å². The lowest BCUT2D eigenvalue weighted by Gasteiger charge is -2.32. The number of benzene rings is 11. The lowest BCUT2D eigenvalue weighted by atomic mass is 9.72. The highest BCUT2D eigenvalue weighted by Gasteiger charge is 2.47. The molecule has 2 aliphatic rings. The molecule has 0 aliphatic heterocycles. The highest BCUT2D eigenvalue weighted by atomic mass is 15.1. The van der Waals surface area contributed by atoms with E-state index in [-0.39, 0.29) is 5.92 Å². The SMILES string of the molecule is Cn1c2ccccc2c2ccc(C(c3ccccc3)c3ccc4c(c3)C3(C=Cc5ccccc53)c3cc(N(c5cccc(-c6ccccc6)c5)c5ccc6ccccc6c5)c5ccccc5c3-4)cc21. The van der Waals surface area contributed by atoms with Gasteiger partial charge in [0.25, 0.3) is 0 Å². The van der Waals surface area contributed by atoms with Crippen LogP contribution in [0, 0.1) is 0 Å². The summed E-state index contributed by atoms with van der Waals surface area (Å²) in [5, 5.41) is 7.47. The lowest BCUT2D eigenvalue weighted by Crippen LogP contribution is -2.23. The summed E-state index contributed by atoms with van der Waals surface area (Å²) in [6.07, 6.45) is 4.86. The van der Waals surface area contributed by atoms with Crippen molar-refractivity contribution in [2.24, 2.45) is 7.05 Å². The molecule has 0 N–H and O–H groups in total. The zero-order valence-electron chi connectivity index (χ0n) is 38.2. The number of aromatic nitrogens is 1. The Balaban J connectivity index is 1.02. The van der Waals surface area contributed by atoms with Crippen LogP contribution in [0.4, 0.5) is 17.1 Å². The average Bonchev–Trinajstić information content (AvgIpc) is 4.04. The van der Waals surface area contributed by atoms with Gasteiger partial charge >= 0.3 is 0 Å². The molecule has 14 rings (SSSR count). The fraction of sp³-hybridized carbons (Fsp3) is 0.0448. The molecule has 1 spiro atoms. The van der Waals surface area contributed by atoms with E-state index in [2.05, 4.69) is 271 Å². The van der Waals surface area contributed by atoms with Crippen molar-refractivity contribution >= 4 is 66.5 Å². The summed E-state index contributed by atoms with van der Waals surface area (Å²) in [5.41, 5.74) is 19.4. The molecule has 12 aromatic rings. The average molecular weight is 879 g/mol. The zero-order valence-corrected chi connectivity index (χ0v) is 38.2. The Kier molecular flexibility index (Phi) is 8.81. The van der Waals surface area contributed by atoms with Crippen molar-refractivity contribution in [3.8, 4) is 22.3 Å². The van der Waals surface area contributed by atoms with Gasteiger partial charge in [-0.05, 0) is 120 Å². The van der Waals surface area contributed by atoms with Crippen LogP contribution in [-0.4, -0.2) is 4.57 Å². The molecule has 324 valence electrons. The first kappa shape index (κ1) is 39.4. The summed E-state index contributed by atoms with van der Waals surface area (Å²) in [6.45, 7) is 0. The van der Waals surface area contributed by atoms with Gasteiger partial charge in [0.2, 0.25) is 0 Å². The molecule has 0 saturated carbocycles. The molecule has 0 bridgehead atoms. The molecular formula is C67H46N2. The lowest BCUT2D eigenvalue weighted by molar-refractivity contribution is 0.817. The summed E-state index contributed by atoms with van der Waals surface area (Å²) in [6, 6.07) is 90.5. The van der Waals surface area contributed by atoms with Gasteiger partial charge in [0.05, 0.1) is 11.1 Å². The topological polar surface area (TPSA) is 8.17 Å². The van der Waals surface area contributed by atoms with E-state index in [1.807, 2.05) is 0 Å². The molecule has 0 amide bonds. The van der Waals surface area contributed by atoms with Crippen LogP contribution in [0.15, 0.2) is 249 Å². The fourth-order valence-corrected chi connectivity index (χ4v) is 12.1. The van der Waals surface area contributed by atoms with Gasteiger partial charge in [0.15, 0.2) is 0 Å². The second kappa shape index (κ2) is 15.4. The molecule has 0 fully saturated rings. The third kappa shape index (κ3) is 5.98. The van der Waals surface area contributed by atoms with Gasteiger partial charge in [-0.2, -0.15) is 0 Å². The molecule has 2 unspecified atom stereocenters. The third-order valence-electron chi connectivity index (χ3n) is 15.3. The van der Waals surface area contributed by atoms with Crippen molar-refractivity contribution in [2.75, 3.05) is 4.90 Å². The smallest absolute Gasteiger partial charge is 0.0654 e. The number of rotatable bonds is 7. The van der Waals surface area contributed by atoms with E-state index >= 15 is 0 Å². The number of para-hydroxylation sites is 1. The van der Waals surface area contributed by atoms with E-state index in [0.717, 1.165) is 17.1 Å². The minimum atomic E-state index is -0.530. The Morgan fingerprint density at radius 3 is 1.94 bits per heavy atom. The Morgan fingerprint density at radius 1 is 0.406 bits per heavy atom. The van der Waals surface area contributed by atoms with Crippen molar-refractivity contribution in [1.29, 1.82) is 0 Å². The summed E-state index contributed by atoms with van der Waals surface area (Å²) >= 11 is 0. The Hall–Kier alpha value is -8.72. The van der Waals surface area contributed by atoms with Crippen molar-refractivity contribution in [3.05, 3.63) is 288 Å². The van der Waals surface area contributed by atoms with Crippen molar-refractivity contribution in [3.63, 3.8) is 0 Å². The Bertz CT molecular complexity index is 4050. The number of aryl methyl sites for hydroxylation is 1. The van der Waals surface area contributed by atoms with E-state index < -0.39 is 5.41 Å². The number of hydrogen-bond donors (Lipinski definition) is 0. The number of hydrogen-bond acceptors (Lipinski definition) is 1. The van der Waals surface area contributed by atoms with Crippen LogP contribution >= 0.6 is 0 Å². The van der Waals surface area contributed by atoms with Crippen LogP contribution in [0.1, 0.15) is 44.9 Å². The van der Waals surface area contributed by atoms with E-state index in [1.54, 1.807) is 0 Å². The predicted molar refractivity (Wildman–Crippen MR) is 290 cm³/mol. The number of fused-ring (bicyclic) bond motifs is 13. The highest BCUT2D eigenvalue weighted by Crippen LogP contribution is 2.61. The molecule has 1 aromatic heterocycles. The third-order valence-corrected chi connectivity index (χ3v) is 15.3. The normalized spacial score (nSPS) is 15.0. The summed E-state index contributed by atoms with van der Waals surface area (Å²) in [5.74, 6) is 0.00731. The Morgan fingerprint density at radius 2 is 1.07 bits per heavy atom. The summed E-state index contributed by atoms with van der Waals surface area (Å²) in [7, 11) is 2.20. The van der Waals surface area contributed by atoms with Crippen LogP contribution in [0.3, 0.4) is 0 Å². The molecule has 2 atom stereocenters. The number of nitrogens with zero attached hydrogens (tertiary/aromatic N) is 2. The second-order valence-electron chi connectivity index (χ2n) is 18.9. The van der Waals surface area contributed by atoms with Crippen molar-refractivity contribution in [1.82, 2.24) is 4.57 Å². The maximum Gasteiger partial charge on any atom is 0.0654 e. The van der Waals surface area contributed by atoms with Crippen molar-refractivity contribution in [2.45, 2.75) is 11.3 Å². The van der Waals surface area contributed by atoms with Crippen LogP contribution in [0.2, 0.25) is 0 Å². The summed E-state index contributed by atoms with van der Waals surface area (Å²) < 4.78 is 2.35.